The second kappa shape index (κ2) is 8.94. The molecule has 0 fully saturated rings. The molecule has 6 nitrogen and oxygen atoms in total. The summed E-state index contributed by atoms with van der Waals surface area (Å²) in [5, 5.41) is 6.37. The van der Waals surface area contributed by atoms with Crippen LogP contribution in [0.2, 0.25) is 0 Å². The van der Waals surface area contributed by atoms with Gasteiger partial charge < -0.3 is 19.3 Å². The van der Waals surface area contributed by atoms with E-state index in [4.69, 9.17) is 9.26 Å². The first-order valence-corrected chi connectivity index (χ1v) is 9.26. The minimum Gasteiger partial charge on any atom is -0.488 e. The van der Waals surface area contributed by atoms with Gasteiger partial charge in [0.2, 0.25) is 0 Å². The lowest BCUT2D eigenvalue weighted by Gasteiger charge is -2.13. The van der Waals surface area contributed by atoms with E-state index in [0.29, 0.717) is 22.6 Å². The van der Waals surface area contributed by atoms with Crippen LogP contribution in [0.5, 0.6) is 11.5 Å². The van der Waals surface area contributed by atoms with Crippen LogP contribution in [0.1, 0.15) is 38.5 Å². The third kappa shape index (κ3) is 4.94. The van der Waals surface area contributed by atoms with Gasteiger partial charge in [-0.25, -0.2) is 0 Å². The summed E-state index contributed by atoms with van der Waals surface area (Å²) < 4.78 is 40.9. The molecule has 8 heteroatoms. The van der Waals surface area contributed by atoms with Crippen molar-refractivity contribution in [2.45, 2.75) is 40.9 Å². The molecule has 0 unspecified atom stereocenters. The summed E-state index contributed by atoms with van der Waals surface area (Å²) in [6.07, 6.45) is 0. The lowest BCUT2D eigenvalue weighted by Crippen LogP contribution is -2.17. The predicted octanol–water partition coefficient (Wildman–Crippen LogP) is 5.34. The molecule has 0 spiro atoms. The first-order chi connectivity index (χ1) is 14.2. The number of halogens is 2. The van der Waals surface area contributed by atoms with Gasteiger partial charge in [0.15, 0.2) is 5.69 Å². The maximum atomic E-state index is 12.8. The number of aromatic nitrogens is 1. The van der Waals surface area contributed by atoms with E-state index in [-0.39, 0.29) is 23.7 Å². The fourth-order valence-corrected chi connectivity index (χ4v) is 2.96. The Morgan fingerprint density at radius 2 is 1.77 bits per heavy atom. The number of amides is 1. The number of alkyl halides is 2. The number of carbonyl (C=O) groups is 1. The van der Waals surface area contributed by atoms with E-state index in [2.05, 4.69) is 15.2 Å². The maximum Gasteiger partial charge on any atom is 0.387 e. The molecule has 1 heterocycles. The number of carbonyl (C=O) groups excluding carboxylic acids is 1. The van der Waals surface area contributed by atoms with Crippen LogP contribution in [-0.4, -0.2) is 17.7 Å². The van der Waals surface area contributed by atoms with E-state index in [1.54, 1.807) is 19.9 Å². The van der Waals surface area contributed by atoms with Crippen molar-refractivity contribution in [1.29, 1.82) is 0 Å². The largest absolute Gasteiger partial charge is 0.488 e. The summed E-state index contributed by atoms with van der Waals surface area (Å²) in [6.45, 7) is 4.36. The number of rotatable bonds is 7. The van der Waals surface area contributed by atoms with Crippen LogP contribution >= 0.6 is 0 Å². The second-order valence-electron chi connectivity index (χ2n) is 6.96. The molecule has 2 aromatic carbocycles. The smallest absolute Gasteiger partial charge is 0.387 e. The summed E-state index contributed by atoms with van der Waals surface area (Å²) in [5.41, 5.74) is 3.37. The van der Waals surface area contributed by atoms with E-state index in [1.165, 1.54) is 12.1 Å². The number of ether oxygens (including phenoxy) is 2. The highest BCUT2D eigenvalue weighted by atomic mass is 19.3. The van der Waals surface area contributed by atoms with E-state index in [1.807, 2.05) is 32.0 Å². The Bertz CT molecular complexity index is 1060. The molecular formula is C22H22F2N2O4. The standard InChI is InChI=1S/C22H22F2N2O4/c1-12-6-8-18(14(3)9-12)28-11-16-15(4)30-26-20(16)21(27)25-17-7-5-13(2)10-19(17)29-22(23)24/h5-10,22H,11H2,1-4H3,(H,25,27). The molecule has 0 aliphatic carbocycles. The Labute approximate surface area is 172 Å². The van der Waals surface area contributed by atoms with E-state index in [9.17, 15) is 13.6 Å². The first kappa shape index (κ1) is 21.3. The Balaban J connectivity index is 1.80. The highest BCUT2D eigenvalue weighted by Crippen LogP contribution is 2.29. The van der Waals surface area contributed by atoms with Gasteiger partial charge in [-0.05, 0) is 57.0 Å². The van der Waals surface area contributed by atoms with E-state index < -0.39 is 12.5 Å². The zero-order valence-electron chi connectivity index (χ0n) is 17.1. The molecule has 3 rings (SSSR count). The van der Waals surface area contributed by atoms with Gasteiger partial charge in [0, 0.05) is 0 Å². The SMILES string of the molecule is Cc1ccc(OCc2c(C(=O)Nc3ccc(C)cc3OC(F)F)noc2C)c(C)c1. The quantitative estimate of drug-likeness (QED) is 0.563. The van der Waals surface area contributed by atoms with Gasteiger partial charge >= 0.3 is 6.61 Å². The number of hydrogen-bond acceptors (Lipinski definition) is 5. The van der Waals surface area contributed by atoms with Gasteiger partial charge in [-0.1, -0.05) is 28.9 Å². The zero-order valence-corrected chi connectivity index (χ0v) is 17.1. The Morgan fingerprint density at radius 1 is 1.07 bits per heavy atom. The van der Waals surface area contributed by atoms with Crippen LogP contribution in [0.4, 0.5) is 14.5 Å². The topological polar surface area (TPSA) is 73.6 Å². The molecule has 1 aromatic heterocycles. The highest BCUT2D eigenvalue weighted by Gasteiger charge is 2.22. The van der Waals surface area contributed by atoms with Crippen LogP contribution in [0, 0.1) is 27.7 Å². The van der Waals surface area contributed by atoms with Gasteiger partial charge in [-0.15, -0.1) is 0 Å². The number of nitrogens with zero attached hydrogens (tertiary/aromatic N) is 1. The van der Waals surface area contributed by atoms with Gasteiger partial charge in [0.1, 0.15) is 23.9 Å². The van der Waals surface area contributed by atoms with E-state index >= 15 is 0 Å². The summed E-state index contributed by atoms with van der Waals surface area (Å²) in [6, 6.07) is 10.4. The van der Waals surface area contributed by atoms with Crippen molar-refractivity contribution in [3.63, 3.8) is 0 Å². The molecule has 0 atom stereocenters. The van der Waals surface area contributed by atoms with Gasteiger partial charge in [-0.2, -0.15) is 8.78 Å². The van der Waals surface area contributed by atoms with Crippen molar-refractivity contribution in [2.75, 3.05) is 5.32 Å². The fraction of sp³-hybridized carbons (Fsp3) is 0.273. The Kier molecular flexibility index (Phi) is 6.34. The molecule has 30 heavy (non-hydrogen) atoms. The Morgan fingerprint density at radius 3 is 2.47 bits per heavy atom. The average Bonchev–Trinajstić information content (AvgIpc) is 3.03. The van der Waals surface area contributed by atoms with Gasteiger partial charge in [-0.3, -0.25) is 4.79 Å². The van der Waals surface area contributed by atoms with Crippen LogP contribution in [0.25, 0.3) is 0 Å². The minimum absolute atomic E-state index is 0.0147. The third-order valence-corrected chi connectivity index (χ3v) is 4.50. The van der Waals surface area contributed by atoms with Crippen molar-refractivity contribution < 1.29 is 27.6 Å². The lowest BCUT2D eigenvalue weighted by molar-refractivity contribution is -0.0494. The van der Waals surface area contributed by atoms with Gasteiger partial charge in [0.05, 0.1) is 11.3 Å². The van der Waals surface area contributed by atoms with Crippen molar-refractivity contribution in [3.8, 4) is 11.5 Å². The fourth-order valence-electron chi connectivity index (χ4n) is 2.96. The normalized spacial score (nSPS) is 10.9. The molecule has 0 saturated carbocycles. The number of benzene rings is 2. The average molecular weight is 416 g/mol. The van der Waals surface area contributed by atoms with Crippen molar-refractivity contribution in [3.05, 3.63) is 70.1 Å². The number of nitrogens with one attached hydrogen (secondary N) is 1. The molecule has 0 aliphatic heterocycles. The highest BCUT2D eigenvalue weighted by molar-refractivity contribution is 6.04. The number of hydrogen-bond donors (Lipinski definition) is 1. The Hall–Kier alpha value is -3.42. The zero-order chi connectivity index (χ0) is 21.8. The molecule has 1 N–H and O–H groups in total. The molecule has 0 radical (unpaired) electrons. The van der Waals surface area contributed by atoms with Crippen molar-refractivity contribution >= 4 is 11.6 Å². The minimum atomic E-state index is -3.02. The van der Waals surface area contributed by atoms with Crippen LogP contribution < -0.4 is 14.8 Å². The molecule has 0 saturated heterocycles. The molecular weight excluding hydrogens is 394 g/mol. The van der Waals surface area contributed by atoms with Gasteiger partial charge in [0.25, 0.3) is 5.91 Å². The van der Waals surface area contributed by atoms with Crippen LogP contribution in [0.15, 0.2) is 40.9 Å². The summed E-state index contributed by atoms with van der Waals surface area (Å²) in [5.74, 6) is 0.359. The van der Waals surface area contributed by atoms with Crippen LogP contribution in [0.3, 0.4) is 0 Å². The van der Waals surface area contributed by atoms with Crippen molar-refractivity contribution in [2.24, 2.45) is 0 Å². The van der Waals surface area contributed by atoms with E-state index in [0.717, 1.165) is 11.1 Å². The van der Waals surface area contributed by atoms with Crippen LogP contribution in [-0.2, 0) is 6.61 Å². The molecule has 0 aliphatic rings. The third-order valence-electron chi connectivity index (χ3n) is 4.50. The lowest BCUT2D eigenvalue weighted by atomic mass is 10.1. The maximum absolute atomic E-state index is 12.8. The molecule has 3 aromatic rings. The number of anilines is 1. The summed E-state index contributed by atoms with van der Waals surface area (Å²) >= 11 is 0. The number of aryl methyl sites for hydroxylation is 4. The monoisotopic (exact) mass is 416 g/mol. The first-order valence-electron chi connectivity index (χ1n) is 9.26. The molecule has 158 valence electrons. The van der Waals surface area contributed by atoms with Crippen molar-refractivity contribution in [1.82, 2.24) is 5.16 Å². The second-order valence-corrected chi connectivity index (χ2v) is 6.96. The summed E-state index contributed by atoms with van der Waals surface area (Å²) in [4.78, 5) is 12.8. The molecule has 0 bridgehead atoms. The predicted molar refractivity (Wildman–Crippen MR) is 107 cm³/mol. The molecule has 1 amide bonds. The summed E-state index contributed by atoms with van der Waals surface area (Å²) in [7, 11) is 0.